The van der Waals surface area contributed by atoms with Crippen LogP contribution in [-0.2, 0) is 4.79 Å². The van der Waals surface area contributed by atoms with Crippen LogP contribution in [0.25, 0.3) is 0 Å². The quantitative estimate of drug-likeness (QED) is 0.840. The van der Waals surface area contributed by atoms with Crippen LogP contribution in [-0.4, -0.2) is 87.6 Å². The third-order valence-corrected chi connectivity index (χ3v) is 5.07. The minimum absolute atomic E-state index is 0.290. The number of carbonyl (C=O) groups excluding carboxylic acids is 1. The Kier molecular flexibility index (Phi) is 15.2. The monoisotopic (exact) mass is 356 g/mol. The molecule has 150 valence electrons. The van der Waals surface area contributed by atoms with E-state index in [2.05, 4.69) is 43.1 Å². The van der Waals surface area contributed by atoms with Gasteiger partial charge >= 0.3 is 0 Å². The van der Waals surface area contributed by atoms with Crippen LogP contribution in [0.1, 0.15) is 52.9 Å². The van der Waals surface area contributed by atoms with Crippen molar-refractivity contribution in [2.24, 2.45) is 5.92 Å². The number of piperidine rings is 1. The van der Waals surface area contributed by atoms with Gasteiger partial charge in [-0.25, -0.2) is 0 Å². The van der Waals surface area contributed by atoms with Gasteiger partial charge in [-0.1, -0.05) is 27.2 Å². The molecular formula is C20H44N4O. The summed E-state index contributed by atoms with van der Waals surface area (Å²) in [5, 5.41) is 3.02. The first kappa shape index (κ1) is 24.4. The number of piperazine rings is 1. The second-order valence-electron chi connectivity index (χ2n) is 7.30. The summed E-state index contributed by atoms with van der Waals surface area (Å²) in [6.07, 6.45) is 6.11. The average molecular weight is 357 g/mol. The topological polar surface area (TPSA) is 38.8 Å². The normalized spacial score (nSPS) is 19.5. The Bertz CT molecular complexity index is 307. The molecule has 2 rings (SSSR count). The van der Waals surface area contributed by atoms with Crippen molar-refractivity contribution in [2.75, 3.05) is 67.0 Å². The zero-order valence-corrected chi connectivity index (χ0v) is 17.8. The third kappa shape index (κ3) is 12.4. The Labute approximate surface area is 157 Å². The summed E-state index contributed by atoms with van der Waals surface area (Å²) < 4.78 is 0. The predicted octanol–water partition coefficient (Wildman–Crippen LogP) is 2.52. The maximum Gasteiger partial charge on any atom is 0.222 e. The molecular weight excluding hydrogens is 312 g/mol. The zero-order chi connectivity index (χ0) is 19.1. The number of amides is 1. The summed E-state index contributed by atoms with van der Waals surface area (Å²) in [6.45, 7) is 14.0. The van der Waals surface area contributed by atoms with Gasteiger partial charge < -0.3 is 20.0 Å². The minimum Gasteiger partial charge on any atom is -0.340 e. The second-order valence-corrected chi connectivity index (χ2v) is 7.30. The molecule has 1 N–H and O–H groups in total. The molecule has 0 unspecified atom stereocenters. The molecule has 0 aliphatic carbocycles. The molecule has 2 saturated heterocycles. The SMILES string of the molecule is CCC(=O)N1CCN(C)CC1.CCC1CCN(C)CC1.CCCNC. The molecule has 2 aliphatic rings. The fourth-order valence-corrected chi connectivity index (χ4v) is 3.00. The van der Waals surface area contributed by atoms with Crippen LogP contribution >= 0.6 is 0 Å². The van der Waals surface area contributed by atoms with E-state index in [-0.39, 0.29) is 5.91 Å². The van der Waals surface area contributed by atoms with Crippen molar-refractivity contribution in [3.8, 4) is 0 Å². The number of nitrogens with zero attached hydrogens (tertiary/aromatic N) is 3. The van der Waals surface area contributed by atoms with E-state index in [0.717, 1.165) is 38.6 Å². The van der Waals surface area contributed by atoms with Crippen molar-refractivity contribution in [1.82, 2.24) is 20.0 Å². The Morgan fingerprint density at radius 3 is 1.80 bits per heavy atom. The molecule has 5 nitrogen and oxygen atoms in total. The smallest absolute Gasteiger partial charge is 0.222 e. The van der Waals surface area contributed by atoms with Crippen LogP contribution in [0, 0.1) is 5.92 Å². The fraction of sp³-hybridized carbons (Fsp3) is 0.950. The number of likely N-dealkylation sites (tertiary alicyclic amines) is 1. The number of rotatable bonds is 4. The fourth-order valence-electron chi connectivity index (χ4n) is 3.00. The Morgan fingerprint density at radius 1 is 0.920 bits per heavy atom. The van der Waals surface area contributed by atoms with E-state index in [1.165, 1.54) is 38.8 Å². The van der Waals surface area contributed by atoms with E-state index >= 15 is 0 Å². The largest absolute Gasteiger partial charge is 0.340 e. The van der Waals surface area contributed by atoms with Crippen molar-refractivity contribution in [1.29, 1.82) is 0 Å². The molecule has 0 bridgehead atoms. The van der Waals surface area contributed by atoms with Crippen LogP contribution in [0.2, 0.25) is 0 Å². The van der Waals surface area contributed by atoms with Crippen molar-refractivity contribution >= 4 is 5.91 Å². The van der Waals surface area contributed by atoms with Crippen LogP contribution < -0.4 is 5.32 Å². The lowest BCUT2D eigenvalue weighted by Gasteiger charge is -2.32. The highest BCUT2D eigenvalue weighted by Gasteiger charge is 2.16. The molecule has 0 aromatic rings. The summed E-state index contributed by atoms with van der Waals surface area (Å²) in [6, 6.07) is 0. The molecule has 0 spiro atoms. The number of likely N-dealkylation sites (N-methyl/N-ethyl adjacent to an activating group) is 1. The lowest BCUT2D eigenvalue weighted by molar-refractivity contribution is -0.132. The molecule has 1 amide bonds. The average Bonchev–Trinajstić information content (AvgIpc) is 2.64. The standard InChI is InChI=1S/C8H16N2O.C8H17N.C4H11N/c1-3-8(11)10-6-4-9(2)5-7-10;1-3-8-4-6-9(2)7-5-8;1-3-4-5-2/h3-7H2,1-2H3;8H,3-7H2,1-2H3;5H,3-4H2,1-2H3. The van der Waals surface area contributed by atoms with E-state index in [1.807, 2.05) is 18.9 Å². The van der Waals surface area contributed by atoms with Gasteiger partial charge in [0.2, 0.25) is 5.91 Å². The first-order valence-corrected chi connectivity index (χ1v) is 10.3. The van der Waals surface area contributed by atoms with E-state index in [1.54, 1.807) is 0 Å². The van der Waals surface area contributed by atoms with E-state index in [0.29, 0.717) is 6.42 Å². The lowest BCUT2D eigenvalue weighted by atomic mass is 9.95. The summed E-state index contributed by atoms with van der Waals surface area (Å²) in [7, 11) is 6.27. The van der Waals surface area contributed by atoms with Crippen molar-refractivity contribution in [3.05, 3.63) is 0 Å². The zero-order valence-electron chi connectivity index (χ0n) is 17.8. The molecule has 5 heteroatoms. The Morgan fingerprint density at radius 2 is 1.44 bits per heavy atom. The summed E-state index contributed by atoms with van der Waals surface area (Å²) in [5.41, 5.74) is 0. The van der Waals surface area contributed by atoms with Gasteiger partial charge in [-0.15, -0.1) is 0 Å². The number of nitrogens with one attached hydrogen (secondary N) is 1. The highest BCUT2D eigenvalue weighted by molar-refractivity contribution is 5.75. The van der Waals surface area contributed by atoms with Crippen molar-refractivity contribution in [3.63, 3.8) is 0 Å². The maximum absolute atomic E-state index is 11.2. The molecule has 25 heavy (non-hydrogen) atoms. The van der Waals surface area contributed by atoms with Gasteiger partial charge in [0.1, 0.15) is 0 Å². The summed E-state index contributed by atoms with van der Waals surface area (Å²) in [5.74, 6) is 1.32. The third-order valence-electron chi connectivity index (χ3n) is 5.07. The molecule has 0 atom stereocenters. The minimum atomic E-state index is 0.290. The summed E-state index contributed by atoms with van der Waals surface area (Å²) in [4.78, 5) is 17.8. The molecule has 0 aromatic carbocycles. The summed E-state index contributed by atoms with van der Waals surface area (Å²) >= 11 is 0. The van der Waals surface area contributed by atoms with Crippen LogP contribution in [0.4, 0.5) is 0 Å². The molecule has 2 aliphatic heterocycles. The van der Waals surface area contributed by atoms with Gasteiger partial charge in [0, 0.05) is 32.6 Å². The Balaban J connectivity index is 0.000000372. The van der Waals surface area contributed by atoms with Gasteiger partial charge in [0.05, 0.1) is 0 Å². The number of carbonyl (C=O) groups is 1. The van der Waals surface area contributed by atoms with E-state index < -0.39 is 0 Å². The van der Waals surface area contributed by atoms with E-state index in [4.69, 9.17) is 0 Å². The molecule has 2 heterocycles. The number of hydrogen-bond donors (Lipinski definition) is 1. The second kappa shape index (κ2) is 15.6. The van der Waals surface area contributed by atoms with Gasteiger partial charge in [-0.05, 0) is 66.0 Å². The molecule has 0 aromatic heterocycles. The van der Waals surface area contributed by atoms with Crippen LogP contribution in [0.5, 0.6) is 0 Å². The van der Waals surface area contributed by atoms with Gasteiger partial charge in [-0.2, -0.15) is 0 Å². The van der Waals surface area contributed by atoms with Crippen LogP contribution in [0.15, 0.2) is 0 Å². The first-order chi connectivity index (χ1) is 12.0. The Hall–Kier alpha value is -0.650. The maximum atomic E-state index is 11.2. The predicted molar refractivity (Wildman–Crippen MR) is 109 cm³/mol. The van der Waals surface area contributed by atoms with Gasteiger partial charge in [0.25, 0.3) is 0 Å². The van der Waals surface area contributed by atoms with E-state index in [9.17, 15) is 4.79 Å². The highest BCUT2D eigenvalue weighted by atomic mass is 16.2. The highest BCUT2D eigenvalue weighted by Crippen LogP contribution is 2.18. The first-order valence-electron chi connectivity index (χ1n) is 10.3. The molecule has 0 radical (unpaired) electrons. The number of hydrogen-bond acceptors (Lipinski definition) is 4. The van der Waals surface area contributed by atoms with Crippen molar-refractivity contribution < 1.29 is 4.79 Å². The van der Waals surface area contributed by atoms with Gasteiger partial charge in [0.15, 0.2) is 0 Å². The lowest BCUT2D eigenvalue weighted by Crippen LogP contribution is -2.46. The molecule has 0 saturated carbocycles. The van der Waals surface area contributed by atoms with Crippen LogP contribution in [0.3, 0.4) is 0 Å². The van der Waals surface area contributed by atoms with Gasteiger partial charge in [-0.3, -0.25) is 4.79 Å². The molecule has 2 fully saturated rings. The van der Waals surface area contributed by atoms with Crippen molar-refractivity contribution in [2.45, 2.75) is 52.9 Å².